The van der Waals surface area contributed by atoms with E-state index in [1.54, 1.807) is 10.6 Å². The average molecular weight is 648 g/mol. The summed E-state index contributed by atoms with van der Waals surface area (Å²) in [5.74, 6) is 0.969. The molecule has 1 N–H and O–H groups in total. The van der Waals surface area contributed by atoms with Gasteiger partial charge in [-0.1, -0.05) is 31.9 Å². The molecule has 1 aliphatic heterocycles. The van der Waals surface area contributed by atoms with Crippen molar-refractivity contribution in [2.75, 3.05) is 20.2 Å². The Balaban J connectivity index is 0.000000169. The summed E-state index contributed by atoms with van der Waals surface area (Å²) in [5.41, 5.74) is 1.56. The highest BCUT2D eigenvalue weighted by atomic mass is 79.9. The number of alkyl halides is 1. The summed E-state index contributed by atoms with van der Waals surface area (Å²) in [7, 11) is 2.07. The normalized spacial score (nSPS) is 15.8. The monoisotopic (exact) mass is 645 g/mol. The highest BCUT2D eigenvalue weighted by molar-refractivity contribution is 9.10. The van der Waals surface area contributed by atoms with Crippen molar-refractivity contribution >= 4 is 65.5 Å². The lowest BCUT2D eigenvalue weighted by Crippen LogP contribution is -2.45. The molecular formula is C25H28Br2ClF2N5O. The van der Waals surface area contributed by atoms with Crippen molar-refractivity contribution in [1.29, 1.82) is 0 Å². The van der Waals surface area contributed by atoms with E-state index < -0.39 is 11.4 Å². The number of likely N-dealkylation sites (N-methyl/N-ethyl adjacent to an activating group) is 1. The van der Waals surface area contributed by atoms with Crippen LogP contribution >= 0.6 is 43.5 Å². The molecule has 0 bridgehead atoms. The van der Waals surface area contributed by atoms with E-state index in [-0.39, 0.29) is 29.4 Å². The predicted molar refractivity (Wildman–Crippen MR) is 146 cm³/mol. The molecule has 2 aromatic carbocycles. The van der Waals surface area contributed by atoms with E-state index in [4.69, 9.17) is 11.6 Å². The van der Waals surface area contributed by atoms with Gasteiger partial charge in [0.15, 0.2) is 11.6 Å². The Labute approximate surface area is 230 Å². The van der Waals surface area contributed by atoms with Gasteiger partial charge < -0.3 is 14.2 Å². The molecule has 1 aliphatic rings. The van der Waals surface area contributed by atoms with Gasteiger partial charge in [0.25, 0.3) is 0 Å². The molecule has 4 aromatic rings. The van der Waals surface area contributed by atoms with E-state index in [0.717, 1.165) is 28.9 Å². The van der Waals surface area contributed by atoms with Gasteiger partial charge in [-0.25, -0.2) is 18.7 Å². The minimum atomic E-state index is -0.591. The second-order valence-electron chi connectivity index (χ2n) is 10.3. The molecule has 0 saturated heterocycles. The van der Waals surface area contributed by atoms with Gasteiger partial charge in [0.1, 0.15) is 22.7 Å². The van der Waals surface area contributed by atoms with Crippen LogP contribution in [-0.2, 0) is 23.5 Å². The summed E-state index contributed by atoms with van der Waals surface area (Å²) in [6.45, 7) is 9.62. The first kappa shape index (κ1) is 27.4. The largest absolute Gasteiger partial charge is 0.394 e. The van der Waals surface area contributed by atoms with Crippen molar-refractivity contribution in [2.24, 2.45) is 0 Å². The van der Waals surface area contributed by atoms with Gasteiger partial charge >= 0.3 is 0 Å². The van der Waals surface area contributed by atoms with Crippen LogP contribution in [0.3, 0.4) is 0 Å². The molecule has 0 unspecified atom stereocenters. The lowest BCUT2D eigenvalue weighted by molar-refractivity contribution is 0.162. The molecule has 6 nitrogen and oxygen atoms in total. The van der Waals surface area contributed by atoms with Crippen molar-refractivity contribution in [3.63, 3.8) is 0 Å². The maximum Gasteiger partial charge on any atom is 0.152 e. The van der Waals surface area contributed by atoms with Crippen LogP contribution < -0.4 is 0 Å². The Morgan fingerprint density at radius 1 is 1.03 bits per heavy atom. The van der Waals surface area contributed by atoms with Crippen LogP contribution in [-0.4, -0.2) is 49.3 Å². The number of aromatic nitrogens is 4. The first-order chi connectivity index (χ1) is 16.8. The molecule has 11 heteroatoms. The summed E-state index contributed by atoms with van der Waals surface area (Å²) in [6, 6.07) is 6.56. The van der Waals surface area contributed by atoms with Gasteiger partial charge in [-0.05, 0) is 59.0 Å². The number of rotatable bonds is 3. The van der Waals surface area contributed by atoms with Crippen LogP contribution in [0.2, 0.25) is 0 Å². The van der Waals surface area contributed by atoms with E-state index in [1.807, 2.05) is 19.9 Å². The summed E-state index contributed by atoms with van der Waals surface area (Å²) in [4.78, 5) is 10.9. The Morgan fingerprint density at radius 2 is 1.58 bits per heavy atom. The topological polar surface area (TPSA) is 59.1 Å². The number of halogens is 5. The number of hydrogen-bond acceptors (Lipinski definition) is 4. The van der Waals surface area contributed by atoms with Crippen LogP contribution in [0.1, 0.15) is 39.3 Å². The van der Waals surface area contributed by atoms with Gasteiger partial charge in [-0.15, -0.1) is 11.6 Å². The van der Waals surface area contributed by atoms with E-state index in [0.29, 0.717) is 21.3 Å². The van der Waals surface area contributed by atoms with Gasteiger partial charge in [-0.3, -0.25) is 4.90 Å². The molecule has 3 heterocycles. The molecule has 36 heavy (non-hydrogen) atoms. The summed E-state index contributed by atoms with van der Waals surface area (Å²) < 4.78 is 33.1. The molecule has 5 rings (SSSR count). The fraction of sp³-hybridized carbons (Fsp3) is 0.440. The van der Waals surface area contributed by atoms with Gasteiger partial charge in [0.2, 0.25) is 0 Å². The molecule has 0 radical (unpaired) electrons. The quantitative estimate of drug-likeness (QED) is 0.257. The molecule has 2 aromatic heterocycles. The van der Waals surface area contributed by atoms with E-state index >= 15 is 0 Å². The number of imidazole rings is 2. The zero-order valence-corrected chi connectivity index (χ0v) is 24.6. The molecule has 194 valence electrons. The zero-order valence-electron chi connectivity index (χ0n) is 20.7. The highest BCUT2D eigenvalue weighted by Gasteiger charge is 2.33. The number of hydrogen-bond donors (Lipinski definition) is 1. The Kier molecular flexibility index (Phi) is 7.58. The number of fused-ring (bicyclic) bond motifs is 4. The molecule has 0 fully saturated rings. The van der Waals surface area contributed by atoms with Crippen LogP contribution in [0, 0.1) is 11.6 Å². The van der Waals surface area contributed by atoms with Crippen molar-refractivity contribution in [3.05, 3.63) is 56.5 Å². The fourth-order valence-corrected chi connectivity index (χ4v) is 5.96. The van der Waals surface area contributed by atoms with Crippen molar-refractivity contribution in [1.82, 2.24) is 24.0 Å². The molecule has 0 atom stereocenters. The molecule has 0 spiro atoms. The zero-order chi connectivity index (χ0) is 26.6. The van der Waals surface area contributed by atoms with Crippen molar-refractivity contribution in [3.8, 4) is 0 Å². The van der Waals surface area contributed by atoms with Gasteiger partial charge in [0, 0.05) is 15.5 Å². The first-order valence-electron chi connectivity index (χ1n) is 11.4. The number of aliphatic hydroxyl groups excluding tert-OH is 1. The molecule has 0 aliphatic carbocycles. The third-order valence-electron chi connectivity index (χ3n) is 6.28. The second-order valence-corrected chi connectivity index (χ2v) is 12.4. The summed E-state index contributed by atoms with van der Waals surface area (Å²) in [5, 5.41) is 9.49. The number of benzene rings is 2. The lowest BCUT2D eigenvalue weighted by Gasteiger charge is -2.38. The minimum absolute atomic E-state index is 0.0791. The van der Waals surface area contributed by atoms with E-state index in [9.17, 15) is 13.9 Å². The molecule has 0 saturated carbocycles. The third-order valence-corrected chi connectivity index (χ3v) is 7.44. The van der Waals surface area contributed by atoms with Gasteiger partial charge in [0.05, 0.1) is 41.1 Å². The summed E-state index contributed by atoms with van der Waals surface area (Å²) in [6.07, 6.45) is 0. The maximum atomic E-state index is 14.0. The summed E-state index contributed by atoms with van der Waals surface area (Å²) >= 11 is 12.5. The van der Waals surface area contributed by atoms with Crippen molar-refractivity contribution < 1.29 is 13.9 Å². The standard InChI is InChI=1S/C13H15BrFN3.C12H13BrClFN2O/c1-13(2)7-17(3)6-11-16-12-9(15)4-8(14)5-10(12)18(11)13;1-12(2,6-18)17-9-4-7(13)3-8(15)11(9)16-10(17)5-14/h4-5H,6-7H2,1-3H3;3-4,18H,5-6H2,1-2H3. The van der Waals surface area contributed by atoms with Crippen molar-refractivity contribution in [2.45, 2.75) is 51.2 Å². The van der Waals surface area contributed by atoms with E-state index in [2.05, 4.69) is 72.2 Å². The third kappa shape index (κ3) is 4.95. The number of aliphatic hydroxyl groups is 1. The minimum Gasteiger partial charge on any atom is -0.394 e. The Hall–Kier alpha value is -1.59. The Morgan fingerprint density at radius 3 is 2.14 bits per heavy atom. The predicted octanol–water partition coefficient (Wildman–Crippen LogP) is 6.52. The maximum absolute atomic E-state index is 14.0. The lowest BCUT2D eigenvalue weighted by atomic mass is 10.0. The van der Waals surface area contributed by atoms with Gasteiger partial charge in [-0.2, -0.15) is 0 Å². The van der Waals surface area contributed by atoms with Crippen LogP contribution in [0.5, 0.6) is 0 Å². The van der Waals surface area contributed by atoms with Crippen LogP contribution in [0.25, 0.3) is 22.1 Å². The van der Waals surface area contributed by atoms with E-state index in [1.165, 1.54) is 12.1 Å². The molecular weight excluding hydrogens is 620 g/mol. The smallest absolute Gasteiger partial charge is 0.152 e. The average Bonchev–Trinajstić information content (AvgIpc) is 3.33. The number of nitrogens with zero attached hydrogens (tertiary/aromatic N) is 5. The van der Waals surface area contributed by atoms with Crippen LogP contribution in [0.15, 0.2) is 33.2 Å². The Bertz CT molecular complexity index is 1440. The fourth-order valence-electron chi connectivity index (χ4n) is 4.95. The first-order valence-corrected chi connectivity index (χ1v) is 13.5. The SMILES string of the molecule is CC(C)(CO)n1c(CCl)nc2c(F)cc(Br)cc21.CN1Cc2nc3c(F)cc(Br)cc3n2C(C)(C)C1. The molecule has 0 amide bonds. The highest BCUT2D eigenvalue weighted by Crippen LogP contribution is 2.33. The van der Waals surface area contributed by atoms with Crippen LogP contribution in [0.4, 0.5) is 8.78 Å². The second kappa shape index (κ2) is 9.94.